The van der Waals surface area contributed by atoms with Gasteiger partial charge in [0.2, 0.25) is 4.96 Å². The molecule has 0 bridgehead atoms. The van der Waals surface area contributed by atoms with E-state index in [4.69, 9.17) is 4.74 Å². The van der Waals surface area contributed by atoms with Gasteiger partial charge >= 0.3 is 0 Å². The van der Waals surface area contributed by atoms with Gasteiger partial charge in [-0.15, -0.1) is 5.10 Å². The van der Waals surface area contributed by atoms with Crippen molar-refractivity contribution < 1.29 is 4.74 Å². The number of thiazole rings is 1. The fraction of sp³-hybridized carbons (Fsp3) is 0.292. The lowest BCUT2D eigenvalue weighted by Gasteiger charge is -2.18. The van der Waals surface area contributed by atoms with E-state index in [2.05, 4.69) is 49.9 Å². The summed E-state index contributed by atoms with van der Waals surface area (Å²) in [5.74, 6) is 1.34. The molecule has 0 spiro atoms. The molecule has 0 atom stereocenters. The maximum absolute atomic E-state index is 12.9. The third kappa shape index (κ3) is 4.00. The molecule has 2 aromatic heterocycles. The summed E-state index contributed by atoms with van der Waals surface area (Å²) in [4.78, 5) is 18.1. The van der Waals surface area contributed by atoms with Gasteiger partial charge in [0, 0.05) is 11.1 Å². The van der Waals surface area contributed by atoms with Crippen LogP contribution >= 0.6 is 11.3 Å². The van der Waals surface area contributed by atoms with Gasteiger partial charge in [-0.3, -0.25) is 4.79 Å². The Morgan fingerprint density at radius 3 is 2.50 bits per heavy atom. The topological polar surface area (TPSA) is 56.5 Å². The van der Waals surface area contributed by atoms with Crippen LogP contribution in [0.5, 0.6) is 5.75 Å². The lowest BCUT2D eigenvalue weighted by atomic mass is 9.87. The first-order valence-corrected chi connectivity index (χ1v) is 10.9. The number of benzene rings is 2. The molecule has 0 amide bonds. The monoisotopic (exact) mass is 419 g/mol. The van der Waals surface area contributed by atoms with Crippen LogP contribution in [-0.2, 0) is 5.41 Å². The van der Waals surface area contributed by atoms with Crippen LogP contribution in [0.3, 0.4) is 0 Å². The van der Waals surface area contributed by atoms with Crippen molar-refractivity contribution in [2.45, 2.75) is 39.5 Å². The highest BCUT2D eigenvalue weighted by Crippen LogP contribution is 2.25. The Labute approximate surface area is 179 Å². The van der Waals surface area contributed by atoms with Crippen LogP contribution in [-0.4, -0.2) is 21.2 Å². The first-order chi connectivity index (χ1) is 14.4. The van der Waals surface area contributed by atoms with Crippen molar-refractivity contribution in [2.24, 2.45) is 0 Å². The predicted molar refractivity (Wildman–Crippen MR) is 122 cm³/mol. The number of hydrogen-bond acceptors (Lipinski definition) is 5. The third-order valence-electron chi connectivity index (χ3n) is 4.86. The third-order valence-corrected chi connectivity index (χ3v) is 5.82. The minimum Gasteiger partial charge on any atom is -0.493 e. The molecule has 0 saturated carbocycles. The van der Waals surface area contributed by atoms with Crippen molar-refractivity contribution >= 4 is 22.4 Å². The number of fused-ring (bicyclic) bond motifs is 1. The number of hydrogen-bond donors (Lipinski definition) is 0. The van der Waals surface area contributed by atoms with Gasteiger partial charge in [0.1, 0.15) is 5.75 Å². The Kier molecular flexibility index (Phi) is 5.43. The fourth-order valence-corrected chi connectivity index (χ4v) is 4.06. The fourth-order valence-electron chi connectivity index (χ4n) is 3.16. The molecular formula is C24H25N3O2S. The molecule has 4 rings (SSSR count). The van der Waals surface area contributed by atoms with Crippen LogP contribution in [0, 0.1) is 0 Å². The Hall–Kier alpha value is -2.99. The highest BCUT2D eigenvalue weighted by Gasteiger charge is 2.15. The van der Waals surface area contributed by atoms with Gasteiger partial charge < -0.3 is 4.74 Å². The summed E-state index contributed by atoms with van der Waals surface area (Å²) in [7, 11) is 0. The Morgan fingerprint density at radius 2 is 1.83 bits per heavy atom. The molecule has 0 radical (unpaired) electrons. The maximum atomic E-state index is 12.9. The van der Waals surface area contributed by atoms with E-state index in [-0.39, 0.29) is 11.0 Å². The van der Waals surface area contributed by atoms with Gasteiger partial charge in [0.25, 0.3) is 5.56 Å². The van der Waals surface area contributed by atoms with Gasteiger partial charge in [-0.05, 0) is 29.5 Å². The van der Waals surface area contributed by atoms with Gasteiger partial charge in [0.15, 0.2) is 5.82 Å². The van der Waals surface area contributed by atoms with Crippen LogP contribution in [0.15, 0.2) is 53.3 Å². The van der Waals surface area contributed by atoms with E-state index in [0.717, 1.165) is 23.3 Å². The number of para-hydroxylation sites is 1. The predicted octanol–water partition coefficient (Wildman–Crippen LogP) is 4.45. The normalized spacial score (nSPS) is 12.6. The molecule has 0 unspecified atom stereocenters. The second-order valence-corrected chi connectivity index (χ2v) is 9.27. The largest absolute Gasteiger partial charge is 0.493 e. The van der Waals surface area contributed by atoms with Crippen LogP contribution < -0.4 is 14.8 Å². The zero-order valence-corrected chi connectivity index (χ0v) is 18.5. The molecule has 2 aromatic carbocycles. The number of aromatic nitrogens is 3. The molecule has 0 aliphatic rings. The summed E-state index contributed by atoms with van der Waals surface area (Å²) < 4.78 is 7.78. The minimum absolute atomic E-state index is 0.0879. The van der Waals surface area contributed by atoms with E-state index in [9.17, 15) is 4.79 Å². The van der Waals surface area contributed by atoms with E-state index in [0.29, 0.717) is 21.9 Å². The molecule has 4 aromatic rings. The van der Waals surface area contributed by atoms with Crippen LogP contribution in [0.2, 0.25) is 0 Å². The van der Waals surface area contributed by atoms with Gasteiger partial charge in [-0.25, -0.2) is 0 Å². The summed E-state index contributed by atoms with van der Waals surface area (Å²) in [6.45, 7) is 9.25. The SMILES string of the molecule is CCCOc1ccccc1/C=c1\sc2nc(-c3ccc(C(C)(C)C)cc3)nn2c1=O. The number of nitrogens with zero attached hydrogens (tertiary/aromatic N) is 3. The number of rotatable bonds is 5. The first-order valence-electron chi connectivity index (χ1n) is 10.1. The minimum atomic E-state index is -0.162. The summed E-state index contributed by atoms with van der Waals surface area (Å²) in [6.07, 6.45) is 2.78. The molecule has 0 N–H and O–H groups in total. The molecule has 0 aliphatic heterocycles. The maximum Gasteiger partial charge on any atom is 0.291 e. The van der Waals surface area contributed by atoms with E-state index in [1.807, 2.05) is 42.5 Å². The smallest absolute Gasteiger partial charge is 0.291 e. The molecule has 154 valence electrons. The Bertz CT molecular complexity index is 1280. The molecular weight excluding hydrogens is 394 g/mol. The van der Waals surface area contributed by atoms with Gasteiger partial charge in [-0.2, -0.15) is 9.50 Å². The highest BCUT2D eigenvalue weighted by atomic mass is 32.1. The summed E-state index contributed by atoms with van der Waals surface area (Å²) in [5, 5.41) is 4.46. The zero-order chi connectivity index (χ0) is 21.3. The summed E-state index contributed by atoms with van der Waals surface area (Å²) in [6, 6.07) is 15.9. The second-order valence-electron chi connectivity index (χ2n) is 8.26. The quantitative estimate of drug-likeness (QED) is 0.479. The average molecular weight is 420 g/mol. The van der Waals surface area contributed by atoms with E-state index < -0.39 is 0 Å². The Morgan fingerprint density at radius 1 is 1.10 bits per heavy atom. The van der Waals surface area contributed by atoms with Crippen molar-refractivity contribution in [3.63, 3.8) is 0 Å². The van der Waals surface area contributed by atoms with Crippen molar-refractivity contribution in [2.75, 3.05) is 6.61 Å². The summed E-state index contributed by atoms with van der Waals surface area (Å²) in [5.41, 5.74) is 2.96. The van der Waals surface area contributed by atoms with E-state index in [1.165, 1.54) is 21.4 Å². The van der Waals surface area contributed by atoms with Crippen molar-refractivity contribution in [1.29, 1.82) is 0 Å². The van der Waals surface area contributed by atoms with Crippen molar-refractivity contribution in [3.8, 4) is 17.1 Å². The average Bonchev–Trinajstić information content (AvgIpc) is 3.26. The van der Waals surface area contributed by atoms with Crippen LogP contribution in [0.25, 0.3) is 22.4 Å². The standard InChI is InChI=1S/C24H25N3O2S/c1-5-14-29-19-9-7-6-8-17(19)15-20-22(28)27-23(30-20)25-21(26-27)16-10-12-18(13-11-16)24(2,3)4/h6-13,15H,5,14H2,1-4H3/b20-15-. The van der Waals surface area contributed by atoms with Crippen molar-refractivity contribution in [3.05, 3.63) is 74.5 Å². The summed E-state index contributed by atoms with van der Waals surface area (Å²) >= 11 is 1.34. The lowest BCUT2D eigenvalue weighted by molar-refractivity contribution is 0.317. The molecule has 2 heterocycles. The first kappa shape index (κ1) is 20.3. The molecule has 6 heteroatoms. The Balaban J connectivity index is 1.70. The second kappa shape index (κ2) is 8.03. The zero-order valence-electron chi connectivity index (χ0n) is 17.7. The van der Waals surface area contributed by atoms with Crippen LogP contribution in [0.4, 0.5) is 0 Å². The molecule has 0 aliphatic carbocycles. The van der Waals surface area contributed by atoms with Gasteiger partial charge in [0.05, 0.1) is 11.1 Å². The molecule has 30 heavy (non-hydrogen) atoms. The number of ether oxygens (including phenoxy) is 1. The van der Waals surface area contributed by atoms with E-state index in [1.54, 1.807) is 0 Å². The molecule has 0 saturated heterocycles. The highest BCUT2D eigenvalue weighted by molar-refractivity contribution is 7.15. The molecule has 0 fully saturated rings. The molecule has 5 nitrogen and oxygen atoms in total. The van der Waals surface area contributed by atoms with E-state index >= 15 is 0 Å². The lowest BCUT2D eigenvalue weighted by Crippen LogP contribution is -2.23. The van der Waals surface area contributed by atoms with Gasteiger partial charge in [-0.1, -0.05) is 81.5 Å². The van der Waals surface area contributed by atoms with Crippen LogP contribution in [0.1, 0.15) is 45.2 Å². The van der Waals surface area contributed by atoms with Crippen molar-refractivity contribution in [1.82, 2.24) is 14.6 Å².